The van der Waals surface area contributed by atoms with Crippen LogP contribution >= 0.6 is 0 Å². The van der Waals surface area contributed by atoms with Crippen LogP contribution in [0.3, 0.4) is 0 Å². The van der Waals surface area contributed by atoms with Crippen molar-refractivity contribution in [3.05, 3.63) is 60.7 Å². The predicted molar refractivity (Wildman–Crippen MR) is 172 cm³/mol. The van der Waals surface area contributed by atoms with Crippen LogP contribution in [-0.4, -0.2) is 53.6 Å². The van der Waals surface area contributed by atoms with Gasteiger partial charge in [-0.05, 0) is 40.5 Å². The fraction of sp³-hybridized carbons (Fsp3) is 0.618. The number of hydrogen-bond acceptors (Lipinski definition) is 5. The van der Waals surface area contributed by atoms with Crippen LogP contribution in [-0.2, 0) is 23.1 Å². The summed E-state index contributed by atoms with van der Waals surface area (Å²) in [5.74, 6) is -0.619. The zero-order valence-corrected chi connectivity index (χ0v) is 29.2. The van der Waals surface area contributed by atoms with Crippen molar-refractivity contribution in [1.29, 1.82) is 0 Å². The van der Waals surface area contributed by atoms with Crippen LogP contribution < -0.4 is 10.4 Å². The van der Waals surface area contributed by atoms with Gasteiger partial charge in [0.15, 0.2) is 8.32 Å². The number of carbonyl (C=O) groups is 1. The number of benzene rings is 2. The largest absolute Gasteiger partial charge is 0.466 e. The first-order valence-electron chi connectivity index (χ1n) is 15.2. The monoisotopic (exact) mass is 596 g/mol. The third kappa shape index (κ3) is 5.53. The Morgan fingerprint density at radius 2 is 1.41 bits per heavy atom. The molecule has 4 atom stereocenters. The van der Waals surface area contributed by atoms with Gasteiger partial charge in [-0.15, -0.1) is 0 Å². The molecule has 0 aromatic heterocycles. The Morgan fingerprint density at radius 3 is 1.85 bits per heavy atom. The Kier molecular flexibility index (Phi) is 8.67. The third-order valence-corrected chi connectivity index (χ3v) is 19.5. The van der Waals surface area contributed by atoms with Gasteiger partial charge in [0, 0.05) is 11.8 Å². The Morgan fingerprint density at radius 1 is 0.902 bits per heavy atom. The van der Waals surface area contributed by atoms with Crippen molar-refractivity contribution in [2.24, 2.45) is 11.3 Å². The van der Waals surface area contributed by atoms with Crippen LogP contribution in [0.1, 0.15) is 68.7 Å². The standard InChI is InChI=1S/C34H52O5Si2/c1-12-36-30(35)28-33(8,9)29-27(23-34(28,38-29)24-37-40(10,11)31(2,3)4)39-41(32(5,6)7,25-19-15-13-16-20-25)26-21-17-14-18-22-26/h13-22,27-29H,12,23-24H2,1-11H3/t27-,28-,29-,34-/m0/s1. The zero-order chi connectivity index (χ0) is 30.5. The van der Waals surface area contributed by atoms with Crippen molar-refractivity contribution < 1.29 is 23.1 Å². The maximum absolute atomic E-state index is 13.6. The predicted octanol–water partition coefficient (Wildman–Crippen LogP) is 6.70. The van der Waals surface area contributed by atoms with E-state index < -0.39 is 33.6 Å². The molecule has 41 heavy (non-hydrogen) atoms. The number of esters is 1. The van der Waals surface area contributed by atoms with E-state index >= 15 is 0 Å². The van der Waals surface area contributed by atoms with Crippen molar-refractivity contribution in [3.63, 3.8) is 0 Å². The molecule has 0 unspecified atom stereocenters. The molecule has 0 saturated carbocycles. The second kappa shape index (κ2) is 11.1. The van der Waals surface area contributed by atoms with E-state index in [0.29, 0.717) is 19.6 Å². The molecule has 7 heteroatoms. The van der Waals surface area contributed by atoms with Crippen LogP contribution in [0, 0.1) is 11.3 Å². The minimum atomic E-state index is -2.83. The highest BCUT2D eigenvalue weighted by atomic mass is 28.4. The number of ether oxygens (including phenoxy) is 2. The molecule has 2 aromatic rings. The van der Waals surface area contributed by atoms with Gasteiger partial charge in [0.1, 0.15) is 5.60 Å². The molecular weight excluding hydrogens is 545 g/mol. The average Bonchev–Trinajstić information content (AvgIpc) is 3.36. The molecule has 0 spiro atoms. The molecule has 2 bridgehead atoms. The molecule has 2 heterocycles. The van der Waals surface area contributed by atoms with E-state index in [4.69, 9.17) is 18.3 Å². The SMILES string of the molecule is CCOC(=O)[C@H]1C(C)(C)[C@H]2O[C@]1(CO[Si](C)(C)C(C)(C)C)C[C@@H]2O[Si](c1ccccc1)(c1ccccc1)C(C)(C)C. The molecular formula is C34H52O5Si2. The first-order chi connectivity index (χ1) is 18.9. The molecule has 0 N–H and O–H groups in total. The summed E-state index contributed by atoms with van der Waals surface area (Å²) >= 11 is 0. The van der Waals surface area contributed by atoms with Crippen molar-refractivity contribution >= 4 is 33.0 Å². The fourth-order valence-electron chi connectivity index (χ4n) is 6.94. The highest BCUT2D eigenvalue weighted by Gasteiger charge is 2.72. The van der Waals surface area contributed by atoms with Crippen LogP contribution in [0.4, 0.5) is 0 Å². The van der Waals surface area contributed by atoms with Crippen LogP contribution in [0.25, 0.3) is 0 Å². The van der Waals surface area contributed by atoms with Gasteiger partial charge in [0.05, 0.1) is 31.3 Å². The number of hydrogen-bond donors (Lipinski definition) is 0. The average molecular weight is 597 g/mol. The fourth-order valence-corrected chi connectivity index (χ4v) is 12.7. The van der Waals surface area contributed by atoms with Crippen molar-refractivity contribution in [2.45, 2.75) is 110 Å². The molecule has 0 radical (unpaired) electrons. The van der Waals surface area contributed by atoms with Gasteiger partial charge in [-0.2, -0.15) is 0 Å². The Labute approximate surface area is 250 Å². The lowest BCUT2D eigenvalue weighted by Crippen LogP contribution is -2.69. The van der Waals surface area contributed by atoms with Gasteiger partial charge < -0.3 is 18.3 Å². The number of rotatable bonds is 9. The number of carbonyl (C=O) groups excluding carboxylic acids is 1. The van der Waals surface area contributed by atoms with Gasteiger partial charge in [-0.25, -0.2) is 0 Å². The number of fused-ring (bicyclic) bond motifs is 2. The quantitative estimate of drug-likeness (QED) is 0.238. The molecule has 2 aromatic carbocycles. The lowest BCUT2D eigenvalue weighted by atomic mass is 9.63. The summed E-state index contributed by atoms with van der Waals surface area (Å²) in [5, 5.41) is 2.37. The first kappa shape index (κ1) is 32.1. The maximum atomic E-state index is 13.6. The normalized spacial score (nSPS) is 26.3. The molecule has 0 amide bonds. The van der Waals surface area contributed by atoms with Gasteiger partial charge in [0.2, 0.25) is 0 Å². The molecule has 2 fully saturated rings. The third-order valence-electron chi connectivity index (χ3n) is 10.0. The van der Waals surface area contributed by atoms with Crippen LogP contribution in [0.5, 0.6) is 0 Å². The maximum Gasteiger partial charge on any atom is 0.312 e. The molecule has 2 aliphatic rings. The van der Waals surface area contributed by atoms with Crippen molar-refractivity contribution in [3.8, 4) is 0 Å². The minimum absolute atomic E-state index is 0.0417. The van der Waals surface area contributed by atoms with Gasteiger partial charge in [-0.3, -0.25) is 4.79 Å². The van der Waals surface area contributed by atoms with Gasteiger partial charge in [0.25, 0.3) is 8.32 Å². The van der Waals surface area contributed by atoms with E-state index in [1.165, 1.54) is 10.4 Å². The molecule has 4 rings (SSSR count). The zero-order valence-electron chi connectivity index (χ0n) is 27.2. The summed E-state index contributed by atoms with van der Waals surface area (Å²) in [7, 11) is -4.94. The molecule has 0 aliphatic carbocycles. The Balaban J connectivity index is 1.81. The van der Waals surface area contributed by atoms with E-state index in [1.807, 2.05) is 6.92 Å². The summed E-state index contributed by atoms with van der Waals surface area (Å²) < 4.78 is 27.1. The highest BCUT2D eigenvalue weighted by molar-refractivity contribution is 6.99. The van der Waals surface area contributed by atoms with E-state index in [1.54, 1.807) is 0 Å². The second-order valence-electron chi connectivity index (χ2n) is 15.2. The summed E-state index contributed by atoms with van der Waals surface area (Å²) in [6, 6.07) is 21.5. The second-order valence-corrected chi connectivity index (χ2v) is 24.2. The smallest absolute Gasteiger partial charge is 0.312 e. The summed E-state index contributed by atoms with van der Waals surface area (Å²) in [6.45, 7) is 25.0. The van der Waals surface area contributed by atoms with E-state index in [9.17, 15) is 4.79 Å². The van der Waals surface area contributed by atoms with E-state index in [2.05, 4.69) is 129 Å². The first-order valence-corrected chi connectivity index (χ1v) is 20.0. The van der Waals surface area contributed by atoms with Crippen molar-refractivity contribution in [2.75, 3.05) is 13.2 Å². The Bertz CT molecular complexity index is 1160. The summed E-state index contributed by atoms with van der Waals surface area (Å²) in [4.78, 5) is 13.6. The lowest BCUT2D eigenvalue weighted by Gasteiger charge is -2.49. The minimum Gasteiger partial charge on any atom is -0.466 e. The van der Waals surface area contributed by atoms with Gasteiger partial charge in [-0.1, -0.05) is 116 Å². The van der Waals surface area contributed by atoms with Crippen LogP contribution in [0.15, 0.2) is 60.7 Å². The molecule has 2 saturated heterocycles. The molecule has 226 valence electrons. The van der Waals surface area contributed by atoms with Crippen LogP contribution in [0.2, 0.25) is 23.2 Å². The lowest BCUT2D eigenvalue weighted by molar-refractivity contribution is -0.159. The van der Waals surface area contributed by atoms with Gasteiger partial charge >= 0.3 is 5.97 Å². The summed E-state index contributed by atoms with van der Waals surface area (Å²) in [6.07, 6.45) is 0.149. The highest BCUT2D eigenvalue weighted by Crippen LogP contribution is 2.60. The van der Waals surface area contributed by atoms with E-state index in [0.717, 1.165) is 0 Å². The summed E-state index contributed by atoms with van der Waals surface area (Å²) in [5.41, 5.74) is -1.29. The molecule has 5 nitrogen and oxygen atoms in total. The topological polar surface area (TPSA) is 54.0 Å². The van der Waals surface area contributed by atoms with Crippen molar-refractivity contribution in [1.82, 2.24) is 0 Å². The molecule has 2 aliphatic heterocycles. The van der Waals surface area contributed by atoms with E-state index in [-0.39, 0.29) is 28.3 Å². The Hall–Kier alpha value is -1.78.